The van der Waals surface area contributed by atoms with Crippen LogP contribution in [0.4, 0.5) is 17.6 Å². The molecule has 4 unspecified atom stereocenters. The Morgan fingerprint density at radius 3 is 2.33 bits per heavy atom. The number of aromatic nitrogens is 2. The molecule has 0 spiro atoms. The molecule has 8 nitrogen and oxygen atoms in total. The molecule has 0 aliphatic carbocycles. The summed E-state index contributed by atoms with van der Waals surface area (Å²) in [4.78, 5) is 29.7. The molecule has 3 aliphatic heterocycles. The van der Waals surface area contributed by atoms with E-state index >= 15 is 4.39 Å². The van der Waals surface area contributed by atoms with E-state index in [1.165, 1.54) is 0 Å². The minimum Gasteiger partial charge on any atom is -0.373 e. The van der Waals surface area contributed by atoms with E-state index in [1.54, 1.807) is 4.57 Å². The number of halogens is 4. The Bertz CT molecular complexity index is 2280. The maximum atomic E-state index is 15.0. The van der Waals surface area contributed by atoms with Crippen molar-refractivity contribution in [3.05, 3.63) is 94.6 Å². The molecule has 12 heteroatoms. The lowest BCUT2D eigenvalue weighted by Gasteiger charge is -2.37. The van der Waals surface area contributed by atoms with E-state index in [9.17, 15) is 22.8 Å². The zero-order chi connectivity index (χ0) is 30.7. The van der Waals surface area contributed by atoms with Gasteiger partial charge in [0.1, 0.15) is 6.10 Å². The highest BCUT2D eigenvalue weighted by atomic mass is 19.2. The Kier molecular flexibility index (Phi) is 5.54. The predicted octanol–water partition coefficient (Wildman–Crippen LogP) is 6.14. The number of amides is 2. The summed E-state index contributed by atoms with van der Waals surface area (Å²) in [6, 6.07) is 13.3. The fourth-order valence-corrected chi connectivity index (χ4v) is 7.20. The van der Waals surface area contributed by atoms with Crippen LogP contribution in [0.5, 0.6) is 0 Å². The molecule has 226 valence electrons. The fourth-order valence-electron chi connectivity index (χ4n) is 7.20. The minimum absolute atomic E-state index is 0.0756. The van der Waals surface area contributed by atoms with Gasteiger partial charge in [-0.05, 0) is 17.7 Å². The number of hydrogen-bond acceptors (Lipinski definition) is 5. The predicted molar refractivity (Wildman–Crippen MR) is 154 cm³/mol. The molecule has 4 aromatic carbocycles. The van der Waals surface area contributed by atoms with Gasteiger partial charge in [-0.15, -0.1) is 0 Å². The number of carbonyl (C=O) groups is 2. The summed E-state index contributed by atoms with van der Waals surface area (Å²) in [7, 11) is 0. The molecule has 2 N–H and O–H groups in total. The highest BCUT2D eigenvalue weighted by molar-refractivity contribution is 6.39. The van der Waals surface area contributed by atoms with E-state index < -0.39 is 53.5 Å². The van der Waals surface area contributed by atoms with Crippen molar-refractivity contribution in [2.75, 3.05) is 6.61 Å². The number of carbonyl (C=O) groups excluding carboxylic acids is 2. The van der Waals surface area contributed by atoms with Crippen molar-refractivity contribution in [1.82, 2.24) is 14.9 Å². The number of nitrogens with zero attached hydrogens (tertiary/aromatic N) is 1. The van der Waals surface area contributed by atoms with Gasteiger partial charge in [0.05, 0.1) is 53.1 Å². The van der Waals surface area contributed by atoms with Crippen molar-refractivity contribution in [3.63, 3.8) is 0 Å². The van der Waals surface area contributed by atoms with Crippen molar-refractivity contribution in [1.29, 1.82) is 0 Å². The molecule has 2 saturated heterocycles. The van der Waals surface area contributed by atoms with Gasteiger partial charge in [-0.1, -0.05) is 30.3 Å². The van der Waals surface area contributed by atoms with Gasteiger partial charge in [-0.2, -0.15) is 0 Å². The normalized spacial score (nSPS) is 22.8. The van der Waals surface area contributed by atoms with Gasteiger partial charge in [0.15, 0.2) is 29.5 Å². The molecule has 2 bridgehead atoms. The lowest BCUT2D eigenvalue weighted by atomic mass is 9.96. The average molecular weight is 616 g/mol. The van der Waals surface area contributed by atoms with Crippen molar-refractivity contribution in [2.45, 2.75) is 37.6 Å². The van der Waals surface area contributed by atoms with Crippen LogP contribution >= 0.6 is 0 Å². The third kappa shape index (κ3) is 3.70. The zero-order valence-electron chi connectivity index (χ0n) is 23.1. The molecule has 5 heterocycles. The Hall–Kier alpha value is -4.78. The summed E-state index contributed by atoms with van der Waals surface area (Å²) in [5.74, 6) is -6.08. The molecule has 9 rings (SSSR count). The average Bonchev–Trinajstić information content (AvgIpc) is 3.75. The molecule has 3 aliphatic rings. The summed E-state index contributed by atoms with van der Waals surface area (Å²) in [5.41, 5.74) is 1.54. The molecule has 2 amide bonds. The second kappa shape index (κ2) is 9.36. The van der Waals surface area contributed by atoms with Gasteiger partial charge in [-0.3, -0.25) is 14.9 Å². The molecule has 2 aromatic heterocycles. The number of aromatic amines is 1. The third-order valence-electron chi connectivity index (χ3n) is 9.06. The number of imide groups is 1. The molecule has 0 radical (unpaired) electrons. The molecular weight excluding hydrogens is 594 g/mol. The van der Waals surface area contributed by atoms with E-state index in [0.717, 1.165) is 29.8 Å². The molecule has 2 fully saturated rings. The summed E-state index contributed by atoms with van der Waals surface area (Å²) in [6.07, 6.45) is -1.91. The van der Waals surface area contributed by atoms with Gasteiger partial charge in [0, 0.05) is 45.6 Å². The summed E-state index contributed by atoms with van der Waals surface area (Å²) in [5, 5.41) is 2.91. The second-order valence-electron chi connectivity index (χ2n) is 11.6. The molecule has 6 aromatic rings. The number of hydrogen-bond donors (Lipinski definition) is 2. The van der Waals surface area contributed by atoms with E-state index in [1.807, 2.05) is 30.3 Å². The van der Waals surface area contributed by atoms with Crippen molar-refractivity contribution < 1.29 is 41.4 Å². The van der Waals surface area contributed by atoms with Crippen LogP contribution in [0.1, 0.15) is 38.9 Å². The number of H-pyrrole nitrogens is 1. The molecule has 45 heavy (non-hydrogen) atoms. The first-order valence-corrected chi connectivity index (χ1v) is 14.4. The molecular formula is C33H21F4N3O5. The Morgan fingerprint density at radius 2 is 1.56 bits per heavy atom. The van der Waals surface area contributed by atoms with Crippen LogP contribution in [0.15, 0.2) is 54.6 Å². The van der Waals surface area contributed by atoms with E-state index in [2.05, 4.69) is 10.3 Å². The maximum Gasteiger partial charge on any atom is 0.259 e. The number of fused-ring (bicyclic) bond motifs is 12. The number of ether oxygens (including phenoxy) is 3. The van der Waals surface area contributed by atoms with Gasteiger partial charge in [0.2, 0.25) is 0 Å². The summed E-state index contributed by atoms with van der Waals surface area (Å²) < 4.78 is 79.6. The largest absolute Gasteiger partial charge is 0.373 e. The second-order valence-corrected chi connectivity index (χ2v) is 11.6. The number of benzene rings is 4. The topological polar surface area (TPSA) is 94.6 Å². The highest BCUT2D eigenvalue weighted by Gasteiger charge is 2.47. The first-order valence-electron chi connectivity index (χ1n) is 14.4. The van der Waals surface area contributed by atoms with E-state index in [-0.39, 0.29) is 67.4 Å². The lowest BCUT2D eigenvalue weighted by molar-refractivity contribution is -0.174. The Labute approximate surface area is 250 Å². The monoisotopic (exact) mass is 615 g/mol. The standard InChI is InChI=1S/C33H21F4N3O5/c34-17-7-15-21(9-19(17)36)38-28-24(15)26-27(32(42)39-31(26)41)25-16-8-18(35)20(37)10-22(16)40(29(25)28)33-30(23-6-14(45-33)12-43-23)44-11-13-4-2-1-3-5-13/h1-5,7-10,14,23,30,33,38H,6,11-12H2,(H,39,41,42). The third-order valence-corrected chi connectivity index (χ3v) is 9.06. The molecule has 4 atom stereocenters. The van der Waals surface area contributed by atoms with Crippen molar-refractivity contribution >= 4 is 55.4 Å². The van der Waals surface area contributed by atoms with Crippen molar-refractivity contribution in [2.24, 2.45) is 0 Å². The maximum absolute atomic E-state index is 15.0. The SMILES string of the molecule is O=C1NC(=O)c2c1c1c3cc(F)c(F)cc3[nH]c1c1c2c2cc(F)c(F)cc2n1C1OC2COC(C2)C1OCc1ccccc1. The van der Waals surface area contributed by atoms with Crippen LogP contribution in [-0.4, -0.2) is 46.3 Å². The Morgan fingerprint density at radius 1 is 0.867 bits per heavy atom. The lowest BCUT2D eigenvalue weighted by Crippen LogP contribution is -2.43. The Balaban J connectivity index is 1.40. The smallest absolute Gasteiger partial charge is 0.259 e. The van der Waals surface area contributed by atoms with Gasteiger partial charge < -0.3 is 23.8 Å². The van der Waals surface area contributed by atoms with Gasteiger partial charge in [0.25, 0.3) is 11.8 Å². The van der Waals surface area contributed by atoms with Gasteiger partial charge >= 0.3 is 0 Å². The van der Waals surface area contributed by atoms with Crippen molar-refractivity contribution in [3.8, 4) is 0 Å². The number of nitrogens with one attached hydrogen (secondary N) is 2. The first kappa shape index (κ1) is 26.6. The van der Waals surface area contributed by atoms with Crippen LogP contribution in [0.2, 0.25) is 0 Å². The van der Waals surface area contributed by atoms with Crippen LogP contribution in [0.3, 0.4) is 0 Å². The fraction of sp³-hybridized carbons (Fsp3) is 0.212. The quantitative estimate of drug-likeness (QED) is 0.184. The van der Waals surface area contributed by atoms with Crippen LogP contribution in [0, 0.1) is 23.3 Å². The minimum atomic E-state index is -1.16. The van der Waals surface area contributed by atoms with Crippen LogP contribution in [0.25, 0.3) is 43.6 Å². The highest BCUT2D eigenvalue weighted by Crippen LogP contribution is 2.48. The first-order chi connectivity index (χ1) is 21.8. The zero-order valence-corrected chi connectivity index (χ0v) is 23.1. The number of rotatable bonds is 4. The van der Waals surface area contributed by atoms with E-state index in [4.69, 9.17) is 14.2 Å². The van der Waals surface area contributed by atoms with Crippen LogP contribution in [-0.2, 0) is 20.8 Å². The van der Waals surface area contributed by atoms with E-state index in [0.29, 0.717) is 13.0 Å². The summed E-state index contributed by atoms with van der Waals surface area (Å²) >= 11 is 0. The van der Waals surface area contributed by atoms with Gasteiger partial charge in [-0.25, -0.2) is 17.6 Å². The van der Waals surface area contributed by atoms with Crippen LogP contribution < -0.4 is 5.32 Å². The molecule has 0 saturated carbocycles. The summed E-state index contributed by atoms with van der Waals surface area (Å²) in [6.45, 7) is 0.488.